The van der Waals surface area contributed by atoms with E-state index in [-0.39, 0.29) is 27.8 Å². The van der Waals surface area contributed by atoms with Gasteiger partial charge in [-0.15, -0.1) is 0 Å². The van der Waals surface area contributed by atoms with Crippen molar-refractivity contribution in [3.05, 3.63) is 69.5 Å². The van der Waals surface area contributed by atoms with Crippen molar-refractivity contribution in [2.24, 2.45) is 29.6 Å². The summed E-state index contributed by atoms with van der Waals surface area (Å²) >= 11 is 6.27. The highest BCUT2D eigenvalue weighted by atomic mass is 35.5. The van der Waals surface area contributed by atoms with E-state index in [1.165, 1.54) is 5.57 Å². The predicted octanol–water partition coefficient (Wildman–Crippen LogP) is 8.13. The average Bonchev–Trinajstić information content (AvgIpc) is 3.15. The van der Waals surface area contributed by atoms with E-state index >= 15 is 4.39 Å². The largest absolute Gasteiger partial charge is 0.490 e. The quantitative estimate of drug-likeness (QED) is 0.347. The first kappa shape index (κ1) is 31.1. The fourth-order valence-corrected chi connectivity index (χ4v) is 9.58. The van der Waals surface area contributed by atoms with Gasteiger partial charge in [-0.1, -0.05) is 50.9 Å². The summed E-state index contributed by atoms with van der Waals surface area (Å²) < 4.78 is 28.7. The van der Waals surface area contributed by atoms with Gasteiger partial charge in [0.05, 0.1) is 22.9 Å². The van der Waals surface area contributed by atoms with Gasteiger partial charge in [-0.3, -0.25) is 4.79 Å². The molecule has 1 fully saturated rings. The molecule has 0 aromatic heterocycles. The number of hydrogen-bond acceptors (Lipinski definition) is 4. The zero-order chi connectivity index (χ0) is 31.5. The molecule has 242 valence electrons. The molecule has 0 saturated heterocycles. The summed E-state index contributed by atoms with van der Waals surface area (Å²) in [4.78, 5) is 16.0. The topological polar surface area (TPSA) is 50.8 Å². The number of benzene rings is 2. The Bertz CT molecular complexity index is 1510. The molecule has 1 amide bonds. The highest BCUT2D eigenvalue weighted by Gasteiger charge is 2.53. The molecular weight excluding hydrogens is 587 g/mol. The second-order valence-electron chi connectivity index (χ2n) is 14.8. The molecule has 3 aliphatic heterocycles. The van der Waals surface area contributed by atoms with Crippen molar-refractivity contribution in [1.82, 2.24) is 5.32 Å². The number of fused-ring (bicyclic) bond motifs is 6. The molecule has 45 heavy (non-hydrogen) atoms. The van der Waals surface area contributed by atoms with Crippen LogP contribution in [0.5, 0.6) is 5.75 Å². The molecule has 0 unspecified atom stereocenters. The van der Waals surface area contributed by atoms with Crippen molar-refractivity contribution in [3.63, 3.8) is 0 Å². The lowest BCUT2D eigenvalue weighted by Gasteiger charge is -2.55. The monoisotopic (exact) mass is 634 g/mol. The van der Waals surface area contributed by atoms with Gasteiger partial charge in [0.15, 0.2) is 0 Å². The Morgan fingerprint density at radius 2 is 2.02 bits per heavy atom. The molecule has 2 aromatic rings. The normalized spacial score (nSPS) is 34.3. The van der Waals surface area contributed by atoms with Gasteiger partial charge < -0.3 is 19.7 Å². The van der Waals surface area contributed by atoms with Gasteiger partial charge in [-0.05, 0) is 116 Å². The highest BCUT2D eigenvalue weighted by molar-refractivity contribution is 6.30. The van der Waals surface area contributed by atoms with E-state index in [1.54, 1.807) is 6.07 Å². The van der Waals surface area contributed by atoms with E-state index < -0.39 is 0 Å². The first-order valence-electron chi connectivity index (χ1n) is 17.2. The van der Waals surface area contributed by atoms with Crippen LogP contribution in [0.25, 0.3) is 0 Å². The third kappa shape index (κ3) is 5.10. The number of hydrogen-bond donors (Lipinski definition) is 1. The number of carbonyl (C=O) groups is 1. The number of nitrogens with zero attached hydrogens (tertiary/aromatic N) is 1. The number of allylic oxidation sites excluding steroid dienone is 1. The summed E-state index contributed by atoms with van der Waals surface area (Å²) in [6, 6.07) is 9.62. The lowest BCUT2D eigenvalue weighted by Crippen LogP contribution is -2.55. The van der Waals surface area contributed by atoms with Crippen molar-refractivity contribution in [1.29, 1.82) is 0 Å². The van der Waals surface area contributed by atoms with Crippen molar-refractivity contribution in [2.75, 3.05) is 38.3 Å². The fraction of sp³-hybridized carbons (Fsp3) is 0.605. The second-order valence-corrected chi connectivity index (χ2v) is 15.2. The Balaban J connectivity index is 1.32. The number of methoxy groups -OCH3 is 1. The van der Waals surface area contributed by atoms with Crippen LogP contribution >= 0.6 is 11.6 Å². The van der Waals surface area contributed by atoms with E-state index in [9.17, 15) is 4.79 Å². The Labute approximate surface area is 272 Å². The molecule has 1 saturated carbocycles. The maximum Gasteiger partial charge on any atom is 0.251 e. The van der Waals surface area contributed by atoms with Crippen LogP contribution in [0.2, 0.25) is 5.02 Å². The van der Waals surface area contributed by atoms with Crippen LogP contribution in [-0.2, 0) is 16.6 Å². The SMILES string of the molecule is CCC[C@]1(OC)C2=C[C@@H](C2)[C@H](C)[C@@H](C)CNC(=O)c2ccc3c(c2)N(C[C@@H]2CC[C@H]21)C[C@@]1(CCCc2c1ccc(Cl)c2F)CO3. The number of rotatable bonds is 3. The van der Waals surface area contributed by atoms with E-state index in [4.69, 9.17) is 21.1 Å². The van der Waals surface area contributed by atoms with Gasteiger partial charge in [0.2, 0.25) is 0 Å². The number of amides is 1. The zero-order valence-electron chi connectivity index (χ0n) is 27.3. The summed E-state index contributed by atoms with van der Waals surface area (Å²) in [6.07, 6.45) is 10.5. The average molecular weight is 635 g/mol. The first-order valence-corrected chi connectivity index (χ1v) is 17.6. The van der Waals surface area contributed by atoms with E-state index in [1.807, 2.05) is 31.4 Å². The van der Waals surface area contributed by atoms with Gasteiger partial charge in [-0.25, -0.2) is 4.39 Å². The fourth-order valence-electron chi connectivity index (χ4n) is 9.41. The number of anilines is 1. The summed E-state index contributed by atoms with van der Waals surface area (Å²) in [5.74, 6) is 2.66. The molecule has 5 nitrogen and oxygen atoms in total. The van der Waals surface area contributed by atoms with E-state index in [0.29, 0.717) is 61.3 Å². The van der Waals surface area contributed by atoms with E-state index in [0.717, 1.165) is 74.1 Å². The molecule has 1 N–H and O–H groups in total. The number of halogens is 2. The van der Waals surface area contributed by atoms with Gasteiger partial charge in [0, 0.05) is 37.7 Å². The molecule has 4 bridgehead atoms. The second kappa shape index (κ2) is 11.9. The summed E-state index contributed by atoms with van der Waals surface area (Å²) in [7, 11) is 1.92. The number of carbonyl (C=O) groups excluding carboxylic acids is 1. The molecule has 3 aliphatic carbocycles. The standard InChI is InChI=1S/C38H48ClFN2O3/c1-5-14-38(44-4)28-16-27(17-28)24(3)23(2)19-41-36(43)25-9-13-34-33(18-25)42(20-26-8-10-30(26)38)21-37(22-45-34)15-6-7-29-31(37)11-12-32(39)35(29)40/h9,11-13,16,18,23-24,26-27,30H,5-8,10,14-15,17,19-22H2,1-4H3,(H,41,43)/t23-,24+,26-,27-,30+,37-,38-/m0/s1. The minimum absolute atomic E-state index is 0.0460. The molecule has 0 radical (unpaired) electrons. The molecule has 1 spiro atoms. The molecule has 3 heterocycles. The Morgan fingerprint density at radius 3 is 2.76 bits per heavy atom. The molecule has 7 atom stereocenters. The summed E-state index contributed by atoms with van der Waals surface area (Å²) in [5, 5.41) is 3.42. The highest BCUT2D eigenvalue weighted by Crippen LogP contribution is 2.55. The summed E-state index contributed by atoms with van der Waals surface area (Å²) in [6.45, 7) is 9.51. The number of nitrogens with one attached hydrogen (secondary N) is 1. The van der Waals surface area contributed by atoms with Gasteiger partial charge >= 0.3 is 0 Å². The molecule has 8 rings (SSSR count). The van der Waals surface area contributed by atoms with Crippen molar-refractivity contribution >= 4 is 23.2 Å². The molecule has 7 heteroatoms. The maximum atomic E-state index is 15.4. The molecule has 2 aromatic carbocycles. The maximum absolute atomic E-state index is 15.4. The summed E-state index contributed by atoms with van der Waals surface area (Å²) in [5.41, 5.74) is 4.23. The van der Waals surface area contributed by atoms with Crippen molar-refractivity contribution in [3.8, 4) is 5.75 Å². The minimum atomic E-state index is -0.377. The van der Waals surface area contributed by atoms with Crippen molar-refractivity contribution < 1.29 is 18.7 Å². The van der Waals surface area contributed by atoms with Crippen LogP contribution < -0.4 is 15.0 Å². The predicted molar refractivity (Wildman–Crippen MR) is 178 cm³/mol. The van der Waals surface area contributed by atoms with Gasteiger partial charge in [0.1, 0.15) is 11.6 Å². The minimum Gasteiger partial charge on any atom is -0.490 e. The Morgan fingerprint density at radius 1 is 1.20 bits per heavy atom. The van der Waals surface area contributed by atoms with Crippen LogP contribution in [-0.4, -0.2) is 44.9 Å². The van der Waals surface area contributed by atoms with Crippen LogP contribution in [0.1, 0.15) is 87.2 Å². The third-order valence-corrected chi connectivity index (χ3v) is 12.7. The Hall–Kier alpha value is -2.57. The lowest BCUT2D eigenvalue weighted by atomic mass is 9.56. The molecule has 6 aliphatic rings. The van der Waals surface area contributed by atoms with Gasteiger partial charge in [0.25, 0.3) is 5.91 Å². The van der Waals surface area contributed by atoms with Crippen LogP contribution in [0.4, 0.5) is 10.1 Å². The number of ether oxygens (including phenoxy) is 2. The van der Waals surface area contributed by atoms with Gasteiger partial charge in [-0.2, -0.15) is 0 Å². The van der Waals surface area contributed by atoms with Crippen LogP contribution in [0.15, 0.2) is 42.0 Å². The van der Waals surface area contributed by atoms with Crippen molar-refractivity contribution in [2.45, 2.75) is 83.2 Å². The third-order valence-electron chi connectivity index (χ3n) is 12.4. The first-order chi connectivity index (χ1) is 21.7. The molecular formula is C38H48ClFN2O3. The lowest BCUT2D eigenvalue weighted by molar-refractivity contribution is -0.0949. The smallest absolute Gasteiger partial charge is 0.251 e. The van der Waals surface area contributed by atoms with E-state index in [2.05, 4.69) is 37.1 Å². The van der Waals surface area contributed by atoms with Crippen LogP contribution in [0, 0.1) is 35.4 Å². The Kier molecular flexibility index (Phi) is 8.21. The van der Waals surface area contributed by atoms with Crippen LogP contribution in [0.3, 0.4) is 0 Å². The zero-order valence-corrected chi connectivity index (χ0v) is 28.0.